The summed E-state index contributed by atoms with van der Waals surface area (Å²) < 4.78 is 52.3. The van der Waals surface area contributed by atoms with E-state index in [-0.39, 0.29) is 10.8 Å². The Morgan fingerprint density at radius 2 is 1.91 bits per heavy atom. The molecule has 0 radical (unpaired) electrons. The molecular formula is C33H40F3N5O3. The van der Waals surface area contributed by atoms with Crippen molar-refractivity contribution in [2.45, 2.75) is 91.0 Å². The summed E-state index contributed by atoms with van der Waals surface area (Å²) in [7, 11) is 1.65. The molecule has 1 amide bonds. The minimum absolute atomic E-state index is 0.00864. The maximum Gasteiger partial charge on any atom is 0.416 e. The Kier molecular flexibility index (Phi) is 8.28. The number of benzene rings is 2. The van der Waals surface area contributed by atoms with Gasteiger partial charge in [-0.2, -0.15) is 18.4 Å². The Balaban J connectivity index is 1.49. The molecule has 236 valence electrons. The average Bonchev–Trinajstić information content (AvgIpc) is 3.57. The van der Waals surface area contributed by atoms with Crippen LogP contribution in [0.1, 0.15) is 93.6 Å². The number of aromatic amines is 1. The van der Waals surface area contributed by atoms with Crippen molar-refractivity contribution in [2.75, 3.05) is 13.7 Å². The number of hydrogen-bond donors (Lipinski definition) is 1. The van der Waals surface area contributed by atoms with Crippen LogP contribution in [0.3, 0.4) is 0 Å². The highest BCUT2D eigenvalue weighted by atomic mass is 19.4. The molecule has 0 bridgehead atoms. The summed E-state index contributed by atoms with van der Waals surface area (Å²) in [5, 5.41) is 14.6. The third kappa shape index (κ3) is 6.46. The Bertz CT molecular complexity index is 1560. The first-order valence-electron chi connectivity index (χ1n) is 14.9. The zero-order valence-electron chi connectivity index (χ0n) is 26.3. The number of ether oxygens (including phenoxy) is 2. The van der Waals surface area contributed by atoms with Crippen LogP contribution in [-0.2, 0) is 22.7 Å². The lowest BCUT2D eigenvalue weighted by Crippen LogP contribution is -2.35. The highest BCUT2D eigenvalue weighted by molar-refractivity contribution is 5.77. The number of hydrogen-bond acceptors (Lipinski definition) is 6. The van der Waals surface area contributed by atoms with Gasteiger partial charge in [-0.1, -0.05) is 50.6 Å². The number of halogens is 3. The van der Waals surface area contributed by atoms with E-state index in [2.05, 4.69) is 54.4 Å². The molecule has 2 atom stereocenters. The van der Waals surface area contributed by atoms with E-state index < -0.39 is 30.0 Å². The average molecular weight is 612 g/mol. The van der Waals surface area contributed by atoms with Gasteiger partial charge in [-0.05, 0) is 91.5 Å². The molecule has 0 saturated carbocycles. The van der Waals surface area contributed by atoms with Crippen molar-refractivity contribution in [3.05, 3.63) is 75.6 Å². The number of carbonyl (C=O) groups is 1. The summed E-state index contributed by atoms with van der Waals surface area (Å²) in [6, 6.07) is 9.55. The number of amides is 1. The number of nitrogens with one attached hydrogen (secondary N) is 1. The maximum atomic E-state index is 13.6. The molecule has 0 unspecified atom stereocenters. The lowest BCUT2D eigenvalue weighted by Gasteiger charge is -2.36. The molecule has 1 aliphatic heterocycles. The van der Waals surface area contributed by atoms with E-state index in [1.54, 1.807) is 25.0 Å². The first-order chi connectivity index (χ1) is 20.6. The number of alkyl halides is 3. The van der Waals surface area contributed by atoms with E-state index in [1.165, 1.54) is 0 Å². The molecule has 8 nitrogen and oxygen atoms in total. The Morgan fingerprint density at radius 1 is 1.16 bits per heavy atom. The Hall–Kier alpha value is -3.89. The van der Waals surface area contributed by atoms with Crippen molar-refractivity contribution in [1.29, 1.82) is 0 Å². The normalized spacial score (nSPS) is 20.7. The second kappa shape index (κ2) is 11.6. The molecular weight excluding hydrogens is 571 g/mol. The molecule has 1 aromatic heterocycles. The van der Waals surface area contributed by atoms with Gasteiger partial charge in [0.25, 0.3) is 0 Å². The molecule has 1 fully saturated rings. The van der Waals surface area contributed by atoms with Crippen LogP contribution in [0.5, 0.6) is 5.75 Å². The third-order valence-corrected chi connectivity index (χ3v) is 8.87. The van der Waals surface area contributed by atoms with Gasteiger partial charge in [0.05, 0.1) is 18.7 Å². The number of nitrogens with zero attached hydrogens (tertiary/aromatic N) is 4. The Morgan fingerprint density at radius 3 is 2.57 bits per heavy atom. The quantitative estimate of drug-likeness (QED) is 0.282. The molecule has 1 aliphatic carbocycles. The minimum Gasteiger partial charge on any atom is -0.496 e. The van der Waals surface area contributed by atoms with Gasteiger partial charge in [-0.15, -0.1) is 10.2 Å². The molecule has 2 aromatic carbocycles. The number of allylic oxidation sites excluding steroid dienone is 1. The standard InChI is InChI=1S/C33H40F3N5O3/c1-19-12-22(15-24(13-19)33(34,35)36)28-20(2)41(30(42)44-28)18-23-17-31(3,4)11-10-25(23)26-14-21(8-9-27(26)43-7)16-32(5,6)29-37-39-40-38-29/h8-9,12-15,20,28H,10-11,16-18H2,1-7H3,(H,37,38,39,40)/t20-,28-/m0/s1. The van der Waals surface area contributed by atoms with Crippen LogP contribution in [0, 0.1) is 12.3 Å². The zero-order chi connectivity index (χ0) is 32.0. The highest BCUT2D eigenvalue weighted by Crippen LogP contribution is 2.46. The lowest BCUT2D eigenvalue weighted by molar-refractivity contribution is -0.137. The van der Waals surface area contributed by atoms with Gasteiger partial charge < -0.3 is 9.47 Å². The highest BCUT2D eigenvalue weighted by Gasteiger charge is 2.42. The zero-order valence-corrected chi connectivity index (χ0v) is 26.3. The summed E-state index contributed by atoms with van der Waals surface area (Å²) in [6.07, 6.45) is -2.65. The molecule has 0 spiro atoms. The van der Waals surface area contributed by atoms with E-state index >= 15 is 0 Å². The van der Waals surface area contributed by atoms with E-state index in [0.717, 1.165) is 59.4 Å². The van der Waals surface area contributed by atoms with E-state index in [9.17, 15) is 18.0 Å². The fourth-order valence-corrected chi connectivity index (χ4v) is 6.53. The molecule has 2 aliphatic rings. The van der Waals surface area contributed by atoms with Gasteiger partial charge in [0.2, 0.25) is 0 Å². The van der Waals surface area contributed by atoms with Crippen molar-refractivity contribution >= 4 is 11.7 Å². The third-order valence-electron chi connectivity index (χ3n) is 8.87. The number of aryl methyl sites for hydroxylation is 1. The van der Waals surface area contributed by atoms with Gasteiger partial charge >= 0.3 is 12.3 Å². The molecule has 11 heteroatoms. The number of rotatable bonds is 8. The molecule has 44 heavy (non-hydrogen) atoms. The van der Waals surface area contributed by atoms with Gasteiger partial charge in [0, 0.05) is 17.5 Å². The predicted octanol–water partition coefficient (Wildman–Crippen LogP) is 7.60. The van der Waals surface area contributed by atoms with Crippen molar-refractivity contribution in [1.82, 2.24) is 25.5 Å². The topological polar surface area (TPSA) is 93.2 Å². The second-order valence-electron chi connectivity index (χ2n) is 13.6. The number of aromatic nitrogens is 4. The van der Waals surface area contributed by atoms with Crippen molar-refractivity contribution in [3.63, 3.8) is 0 Å². The summed E-state index contributed by atoms with van der Waals surface area (Å²) in [4.78, 5) is 14.9. The van der Waals surface area contributed by atoms with Crippen LogP contribution in [0.4, 0.5) is 18.0 Å². The Labute approximate surface area is 256 Å². The van der Waals surface area contributed by atoms with Crippen molar-refractivity contribution in [3.8, 4) is 5.75 Å². The predicted molar refractivity (Wildman–Crippen MR) is 160 cm³/mol. The minimum atomic E-state index is -4.49. The van der Waals surface area contributed by atoms with Crippen LogP contribution in [0.25, 0.3) is 5.57 Å². The fraction of sp³-hybridized carbons (Fsp3) is 0.515. The summed E-state index contributed by atoms with van der Waals surface area (Å²) >= 11 is 0. The van der Waals surface area contributed by atoms with Gasteiger partial charge in [0.15, 0.2) is 5.82 Å². The largest absolute Gasteiger partial charge is 0.496 e. The fourth-order valence-electron chi connectivity index (χ4n) is 6.53. The number of H-pyrrole nitrogens is 1. The second-order valence-corrected chi connectivity index (χ2v) is 13.6. The van der Waals surface area contributed by atoms with Crippen LogP contribution in [-0.4, -0.2) is 51.3 Å². The molecule has 5 rings (SSSR count). The first-order valence-corrected chi connectivity index (χ1v) is 14.9. The van der Waals surface area contributed by atoms with Crippen LogP contribution in [0.15, 0.2) is 42.0 Å². The van der Waals surface area contributed by atoms with Crippen LogP contribution in [0.2, 0.25) is 0 Å². The van der Waals surface area contributed by atoms with E-state index in [1.807, 2.05) is 19.1 Å². The lowest BCUT2D eigenvalue weighted by atomic mass is 9.72. The van der Waals surface area contributed by atoms with Crippen LogP contribution >= 0.6 is 0 Å². The van der Waals surface area contributed by atoms with E-state index in [4.69, 9.17) is 9.47 Å². The SMILES string of the molecule is COc1ccc(CC(C)(C)c2nn[nH]n2)cc1C1=C(CN2C(=O)O[C@H](c3cc(C)cc(C(F)(F)F)c3)[C@@H]2C)CC(C)(C)CC1. The molecule has 2 heterocycles. The molecule has 1 N–H and O–H groups in total. The number of methoxy groups -OCH3 is 1. The van der Waals surface area contributed by atoms with Crippen molar-refractivity contribution < 1.29 is 27.4 Å². The smallest absolute Gasteiger partial charge is 0.416 e. The van der Waals surface area contributed by atoms with Gasteiger partial charge in [0.1, 0.15) is 11.9 Å². The van der Waals surface area contributed by atoms with Gasteiger partial charge in [-0.3, -0.25) is 4.90 Å². The van der Waals surface area contributed by atoms with E-state index in [0.29, 0.717) is 29.9 Å². The molecule has 3 aromatic rings. The molecule has 1 saturated heterocycles. The summed E-state index contributed by atoms with van der Waals surface area (Å²) in [5.74, 6) is 1.37. The van der Waals surface area contributed by atoms with Crippen LogP contribution < -0.4 is 4.74 Å². The first kappa shape index (κ1) is 31.5. The van der Waals surface area contributed by atoms with Gasteiger partial charge in [-0.25, -0.2) is 4.79 Å². The number of cyclic esters (lactones) is 1. The monoisotopic (exact) mass is 611 g/mol. The maximum absolute atomic E-state index is 13.6. The summed E-state index contributed by atoms with van der Waals surface area (Å²) in [6.45, 7) is 12.3. The summed E-state index contributed by atoms with van der Waals surface area (Å²) in [5.41, 5.74) is 3.99. The number of tetrazole rings is 1. The van der Waals surface area contributed by atoms with Crippen molar-refractivity contribution in [2.24, 2.45) is 5.41 Å². The number of carbonyl (C=O) groups excluding carboxylic acids is 1.